The Kier molecular flexibility index (Phi) is 9.25. The fourth-order valence-electron chi connectivity index (χ4n) is 4.91. The Labute approximate surface area is 198 Å². The van der Waals surface area contributed by atoms with Crippen LogP contribution in [0, 0.1) is 0 Å². The van der Waals surface area contributed by atoms with Crippen LogP contribution < -0.4 is 22.1 Å². The van der Waals surface area contributed by atoms with Crippen LogP contribution in [0.15, 0.2) is 0 Å². The third-order valence-electron chi connectivity index (χ3n) is 6.86. The van der Waals surface area contributed by atoms with Crippen LogP contribution in [0.4, 0.5) is 0 Å². The second-order valence-electron chi connectivity index (χ2n) is 9.62. The molecule has 0 spiro atoms. The van der Waals surface area contributed by atoms with E-state index < -0.39 is 85.1 Å². The lowest BCUT2D eigenvalue weighted by Gasteiger charge is -2.48. The maximum absolute atomic E-state index is 11.0. The van der Waals surface area contributed by atoms with Gasteiger partial charge in [-0.25, -0.2) is 0 Å². The van der Waals surface area contributed by atoms with Crippen molar-refractivity contribution in [2.24, 2.45) is 11.5 Å². The quantitative estimate of drug-likeness (QED) is 0.158. The lowest BCUT2D eigenvalue weighted by atomic mass is 9.84. The standard InChI is InChI=1S/C20H40N4O10/c1-20(30)6-31-18(14(29)17(20)24-3)33-15-7(21)4-8(22)16(13(15)28)34-19-12(27)11(26)10(25)9(32-19)5-23-2/h7-19,23-30H,4-6,21-22H2,1-3H3/t7-,8+,9-,10-,11+,12-,13-,14-,15+,16-,17-,18-,19-,20+/m1/s1. The number of likely N-dealkylation sites (N-methyl/N-ethyl adjacent to an activating group) is 2. The first kappa shape index (κ1) is 28.0. The van der Waals surface area contributed by atoms with E-state index in [-0.39, 0.29) is 19.6 Å². The molecule has 3 aliphatic rings. The van der Waals surface area contributed by atoms with E-state index in [0.717, 1.165) is 0 Å². The van der Waals surface area contributed by atoms with Crippen LogP contribution in [-0.4, -0.2) is 143 Å². The molecule has 0 bridgehead atoms. The van der Waals surface area contributed by atoms with Gasteiger partial charge in [0.05, 0.1) is 12.6 Å². The van der Waals surface area contributed by atoms with Gasteiger partial charge in [0.25, 0.3) is 0 Å². The number of ether oxygens (including phenoxy) is 4. The minimum Gasteiger partial charge on any atom is -0.388 e. The molecule has 34 heavy (non-hydrogen) atoms. The molecular formula is C20H40N4O10. The molecule has 3 rings (SSSR count). The lowest BCUT2D eigenvalue weighted by molar-refractivity contribution is -0.330. The predicted molar refractivity (Wildman–Crippen MR) is 116 cm³/mol. The van der Waals surface area contributed by atoms with Crippen LogP contribution in [-0.2, 0) is 18.9 Å². The SMILES string of the molecule is CNC[C@H]1O[C@H](O[C@H]2[C@H](O)[C@@H](O[C@H]3OC[C@](C)(O)[C@H](NC)[C@H]3O)[C@H](N)C[C@@H]2N)[C@H](O)[C@@H](O)[C@@H]1O. The zero-order valence-electron chi connectivity index (χ0n) is 19.6. The molecule has 0 radical (unpaired) electrons. The van der Waals surface area contributed by atoms with Crippen molar-refractivity contribution in [2.75, 3.05) is 27.2 Å². The minimum absolute atomic E-state index is 0.132. The maximum atomic E-state index is 11.0. The molecule has 1 aliphatic carbocycles. The molecule has 0 aromatic carbocycles. The highest BCUT2D eigenvalue weighted by Gasteiger charge is 2.52. The van der Waals surface area contributed by atoms with Crippen molar-refractivity contribution in [3.8, 4) is 0 Å². The molecular weight excluding hydrogens is 456 g/mol. The van der Waals surface area contributed by atoms with Crippen molar-refractivity contribution in [3.63, 3.8) is 0 Å². The first-order valence-corrected chi connectivity index (χ1v) is 11.5. The molecule has 2 heterocycles. The highest BCUT2D eigenvalue weighted by atomic mass is 16.7. The number of aliphatic hydroxyl groups excluding tert-OH is 5. The lowest BCUT2D eigenvalue weighted by Crippen LogP contribution is -2.69. The van der Waals surface area contributed by atoms with Crippen LogP contribution in [0.5, 0.6) is 0 Å². The van der Waals surface area contributed by atoms with Gasteiger partial charge in [0.1, 0.15) is 54.4 Å². The molecule has 14 atom stereocenters. The summed E-state index contributed by atoms with van der Waals surface area (Å²) in [7, 11) is 3.21. The van der Waals surface area contributed by atoms with Crippen molar-refractivity contribution in [2.45, 2.75) is 98.5 Å². The van der Waals surface area contributed by atoms with Crippen LogP contribution in [0.25, 0.3) is 0 Å². The highest BCUT2D eigenvalue weighted by molar-refractivity contribution is 5.02. The monoisotopic (exact) mass is 496 g/mol. The summed E-state index contributed by atoms with van der Waals surface area (Å²) in [6.45, 7) is 1.56. The molecule has 0 unspecified atom stereocenters. The Hall–Kier alpha value is -0.560. The van der Waals surface area contributed by atoms with Gasteiger partial charge in [-0.3, -0.25) is 0 Å². The first-order chi connectivity index (χ1) is 15.9. The Bertz CT molecular complexity index is 663. The Balaban J connectivity index is 1.71. The van der Waals surface area contributed by atoms with E-state index in [2.05, 4.69) is 10.6 Å². The van der Waals surface area contributed by atoms with Crippen molar-refractivity contribution in [3.05, 3.63) is 0 Å². The fourth-order valence-corrected chi connectivity index (χ4v) is 4.91. The average Bonchev–Trinajstić information content (AvgIpc) is 2.77. The topological polar surface area (TPSA) is 234 Å². The van der Waals surface area contributed by atoms with Crippen molar-refractivity contribution < 1.29 is 49.6 Å². The second kappa shape index (κ2) is 11.2. The van der Waals surface area contributed by atoms with Crippen LogP contribution in [0.3, 0.4) is 0 Å². The van der Waals surface area contributed by atoms with E-state index in [0.29, 0.717) is 0 Å². The molecule has 2 saturated heterocycles. The van der Waals surface area contributed by atoms with Gasteiger partial charge in [-0.05, 0) is 27.4 Å². The highest BCUT2D eigenvalue weighted by Crippen LogP contribution is 2.31. The van der Waals surface area contributed by atoms with E-state index in [1.807, 2.05) is 0 Å². The summed E-state index contributed by atoms with van der Waals surface area (Å²) in [5, 5.41) is 68.5. The van der Waals surface area contributed by atoms with Gasteiger partial charge in [0, 0.05) is 18.6 Å². The summed E-state index contributed by atoms with van der Waals surface area (Å²) < 4.78 is 22.8. The second-order valence-corrected chi connectivity index (χ2v) is 9.62. The Morgan fingerprint density at radius 2 is 1.47 bits per heavy atom. The Morgan fingerprint density at radius 3 is 2.03 bits per heavy atom. The van der Waals surface area contributed by atoms with Crippen molar-refractivity contribution >= 4 is 0 Å². The van der Waals surface area contributed by atoms with E-state index in [9.17, 15) is 30.6 Å². The molecule has 12 N–H and O–H groups in total. The van der Waals surface area contributed by atoms with Crippen LogP contribution in [0.2, 0.25) is 0 Å². The van der Waals surface area contributed by atoms with E-state index in [1.165, 1.54) is 6.92 Å². The molecule has 1 saturated carbocycles. The van der Waals surface area contributed by atoms with Crippen LogP contribution >= 0.6 is 0 Å². The smallest absolute Gasteiger partial charge is 0.187 e. The number of rotatable bonds is 7. The zero-order valence-corrected chi connectivity index (χ0v) is 19.6. The third kappa shape index (κ3) is 5.55. The summed E-state index contributed by atoms with van der Waals surface area (Å²) in [6, 6.07) is -2.27. The molecule has 14 heteroatoms. The number of nitrogens with two attached hydrogens (primary N) is 2. The summed E-state index contributed by atoms with van der Waals surface area (Å²) in [6.07, 6.45) is -12.7. The van der Waals surface area contributed by atoms with E-state index in [1.54, 1.807) is 14.1 Å². The normalized spacial score (nSPS) is 52.5. The van der Waals surface area contributed by atoms with Gasteiger partial charge < -0.3 is 71.7 Å². The summed E-state index contributed by atoms with van der Waals surface area (Å²) in [5.41, 5.74) is 11.0. The molecule has 3 fully saturated rings. The van der Waals surface area contributed by atoms with Gasteiger partial charge in [-0.15, -0.1) is 0 Å². The number of hydrogen-bond donors (Lipinski definition) is 10. The molecule has 14 nitrogen and oxygen atoms in total. The molecule has 0 aromatic rings. The predicted octanol–water partition coefficient (Wildman–Crippen LogP) is -5.74. The molecule has 0 amide bonds. The van der Waals surface area contributed by atoms with Gasteiger partial charge in [0.15, 0.2) is 12.6 Å². The number of hydrogen-bond acceptors (Lipinski definition) is 14. The average molecular weight is 497 g/mol. The zero-order chi connectivity index (χ0) is 25.4. The molecule has 200 valence electrons. The fraction of sp³-hybridized carbons (Fsp3) is 1.00. The van der Waals surface area contributed by atoms with Crippen molar-refractivity contribution in [1.29, 1.82) is 0 Å². The number of aliphatic hydroxyl groups is 6. The van der Waals surface area contributed by atoms with Gasteiger partial charge in [-0.1, -0.05) is 0 Å². The molecule has 2 aliphatic heterocycles. The van der Waals surface area contributed by atoms with Crippen molar-refractivity contribution in [1.82, 2.24) is 10.6 Å². The van der Waals surface area contributed by atoms with Gasteiger partial charge in [-0.2, -0.15) is 0 Å². The largest absolute Gasteiger partial charge is 0.388 e. The van der Waals surface area contributed by atoms with Gasteiger partial charge >= 0.3 is 0 Å². The summed E-state index contributed by atoms with van der Waals surface area (Å²) >= 11 is 0. The van der Waals surface area contributed by atoms with Crippen LogP contribution in [0.1, 0.15) is 13.3 Å². The van der Waals surface area contributed by atoms with E-state index >= 15 is 0 Å². The Morgan fingerprint density at radius 1 is 0.882 bits per heavy atom. The summed E-state index contributed by atoms with van der Waals surface area (Å²) in [4.78, 5) is 0. The first-order valence-electron chi connectivity index (χ1n) is 11.5. The number of nitrogens with one attached hydrogen (secondary N) is 2. The maximum Gasteiger partial charge on any atom is 0.187 e. The minimum atomic E-state index is -1.60. The van der Waals surface area contributed by atoms with Gasteiger partial charge in [0.2, 0.25) is 0 Å². The summed E-state index contributed by atoms with van der Waals surface area (Å²) in [5.74, 6) is 0. The third-order valence-corrected chi connectivity index (χ3v) is 6.86. The molecule has 0 aromatic heterocycles. The van der Waals surface area contributed by atoms with E-state index in [4.69, 9.17) is 30.4 Å².